The van der Waals surface area contributed by atoms with Gasteiger partial charge in [0.25, 0.3) is 7.94 Å². The van der Waals surface area contributed by atoms with Crippen LogP contribution in [0.3, 0.4) is 0 Å². The second-order valence-corrected chi connectivity index (χ2v) is 8.01. The van der Waals surface area contributed by atoms with Gasteiger partial charge < -0.3 is 10.2 Å². The van der Waals surface area contributed by atoms with E-state index in [1.807, 2.05) is 74.5 Å². The summed E-state index contributed by atoms with van der Waals surface area (Å²) in [7, 11) is -3.32. The van der Waals surface area contributed by atoms with Crippen LogP contribution in [0.15, 0.2) is 60.7 Å². The molecule has 122 valence electrons. The molecule has 0 bridgehead atoms. The summed E-state index contributed by atoms with van der Waals surface area (Å²) in [6.07, 6.45) is -0.0987. The number of anilines is 1. The van der Waals surface area contributed by atoms with Gasteiger partial charge in [0.1, 0.15) is 6.10 Å². The predicted octanol–water partition coefficient (Wildman–Crippen LogP) is 3.99. The first-order chi connectivity index (χ1) is 11.1. The van der Waals surface area contributed by atoms with Gasteiger partial charge in [0.2, 0.25) is 5.78 Å². The summed E-state index contributed by atoms with van der Waals surface area (Å²) in [5, 5.41) is 3.33. The monoisotopic (exact) mass is 331 g/mol. The van der Waals surface area contributed by atoms with Gasteiger partial charge in [-0.15, -0.1) is 0 Å². The van der Waals surface area contributed by atoms with Crippen LogP contribution < -0.4 is 10.2 Å². The van der Waals surface area contributed by atoms with Crippen LogP contribution in [0.5, 0.6) is 0 Å². The highest BCUT2D eigenvalue weighted by molar-refractivity contribution is 7.59. The quantitative estimate of drug-likeness (QED) is 0.861. The molecule has 1 heterocycles. The lowest BCUT2D eigenvalue weighted by Gasteiger charge is -2.41. The van der Waals surface area contributed by atoms with Gasteiger partial charge in [-0.05, 0) is 19.1 Å². The third-order valence-electron chi connectivity index (χ3n) is 4.14. The average Bonchev–Trinajstić information content (AvgIpc) is 2.58. The van der Waals surface area contributed by atoms with E-state index >= 15 is 0 Å². The van der Waals surface area contributed by atoms with E-state index in [1.165, 1.54) is 0 Å². The number of rotatable bonds is 4. The second kappa shape index (κ2) is 6.98. The molecular weight excluding hydrogens is 309 g/mol. The molecule has 4 unspecified atom stereocenters. The van der Waals surface area contributed by atoms with Crippen LogP contribution in [-0.2, 0) is 9.05 Å². The van der Waals surface area contributed by atoms with Crippen molar-refractivity contribution in [2.75, 3.05) is 11.9 Å². The van der Waals surface area contributed by atoms with Crippen LogP contribution in [0.25, 0.3) is 0 Å². The van der Waals surface area contributed by atoms with E-state index in [0.29, 0.717) is 6.61 Å². The first-order valence-corrected chi connectivity index (χ1v) is 9.49. The van der Waals surface area contributed by atoms with Gasteiger partial charge in [-0.3, -0.25) is 0 Å². The molecular formula is C18H22NO3P. The third-order valence-corrected chi connectivity index (χ3v) is 6.34. The molecule has 1 saturated heterocycles. The second-order valence-electron chi connectivity index (χ2n) is 5.95. The molecule has 23 heavy (non-hydrogen) atoms. The molecule has 4 atom stereocenters. The number of benzene rings is 2. The molecule has 1 fully saturated rings. The first kappa shape index (κ1) is 16.4. The molecule has 1 N–H and O–H groups in total. The highest BCUT2D eigenvalue weighted by Gasteiger charge is 2.48. The molecule has 1 aliphatic rings. The molecule has 5 heteroatoms. The van der Waals surface area contributed by atoms with E-state index in [1.54, 1.807) is 0 Å². The Balaban J connectivity index is 1.92. The molecule has 0 spiro atoms. The van der Waals surface area contributed by atoms with Crippen LogP contribution in [-0.4, -0.2) is 12.7 Å². The maximum absolute atomic E-state index is 13.4. The molecule has 4 nitrogen and oxygen atoms in total. The standard InChI is InChI=1S/C18H22NO3P/c1-14-13-21-23(20,22-15(14)2)18(16-9-5-3-6-10-16)19-17-11-7-4-8-12-17/h3-12,14-15,18-19H,13H2,1-2H3. The van der Waals surface area contributed by atoms with E-state index in [-0.39, 0.29) is 12.0 Å². The van der Waals surface area contributed by atoms with Crippen LogP contribution in [0.2, 0.25) is 0 Å². The van der Waals surface area contributed by atoms with Crippen molar-refractivity contribution in [2.45, 2.75) is 25.7 Å². The van der Waals surface area contributed by atoms with Crippen LogP contribution in [0, 0.1) is 5.92 Å². The van der Waals surface area contributed by atoms with Gasteiger partial charge in [0.05, 0.1) is 6.61 Å². The van der Waals surface area contributed by atoms with Crippen molar-refractivity contribution >= 4 is 13.6 Å². The number of hydrogen-bond donors (Lipinski definition) is 1. The van der Waals surface area contributed by atoms with Crippen molar-refractivity contribution < 1.29 is 13.9 Å². The topological polar surface area (TPSA) is 53.5 Å². The van der Waals surface area contributed by atoms with E-state index in [4.69, 9.17) is 9.05 Å². The minimum absolute atomic E-state index is 0.0987. The summed E-state index contributed by atoms with van der Waals surface area (Å²) in [6.45, 7) is 4.43. The van der Waals surface area contributed by atoms with Crippen molar-refractivity contribution in [3.05, 3.63) is 66.2 Å². The van der Waals surface area contributed by atoms with Crippen LogP contribution in [0.1, 0.15) is 25.2 Å². The maximum atomic E-state index is 13.4. The van der Waals surface area contributed by atoms with Gasteiger partial charge in [-0.25, -0.2) is 9.05 Å². The molecule has 0 amide bonds. The molecule has 3 rings (SSSR count). The zero-order chi connectivity index (χ0) is 16.3. The van der Waals surface area contributed by atoms with Crippen molar-refractivity contribution in [1.82, 2.24) is 0 Å². The molecule has 0 saturated carbocycles. The summed E-state index contributed by atoms with van der Waals surface area (Å²) in [5.41, 5.74) is 1.77. The van der Waals surface area contributed by atoms with E-state index in [9.17, 15) is 4.89 Å². The molecule has 2 aromatic rings. The van der Waals surface area contributed by atoms with Gasteiger partial charge in [-0.1, -0.05) is 55.5 Å². The first-order valence-electron chi connectivity index (χ1n) is 7.88. The third kappa shape index (κ3) is 3.73. The predicted molar refractivity (Wildman–Crippen MR) is 91.8 cm³/mol. The minimum Gasteiger partial charge on any atom is -0.629 e. The Morgan fingerprint density at radius 3 is 2.26 bits per heavy atom. The summed E-state index contributed by atoms with van der Waals surface area (Å²) in [4.78, 5) is 13.4. The Labute approximate surface area is 138 Å². The van der Waals surface area contributed by atoms with Gasteiger partial charge in [0, 0.05) is 17.2 Å². The van der Waals surface area contributed by atoms with Gasteiger partial charge in [0.15, 0.2) is 0 Å². The lowest BCUT2D eigenvalue weighted by atomic mass is 10.1. The normalized spacial score (nSPS) is 29.0. The van der Waals surface area contributed by atoms with E-state index in [0.717, 1.165) is 11.3 Å². The molecule has 0 radical (unpaired) electrons. The fourth-order valence-electron chi connectivity index (χ4n) is 2.53. The lowest BCUT2D eigenvalue weighted by molar-refractivity contribution is -0.237. The van der Waals surface area contributed by atoms with E-state index in [2.05, 4.69) is 5.32 Å². The van der Waals surface area contributed by atoms with Crippen molar-refractivity contribution in [2.24, 2.45) is 5.92 Å². The fraction of sp³-hybridized carbons (Fsp3) is 0.333. The van der Waals surface area contributed by atoms with E-state index < -0.39 is 13.7 Å². The Bertz CT molecular complexity index is 625. The van der Waals surface area contributed by atoms with Gasteiger partial charge >= 0.3 is 0 Å². The maximum Gasteiger partial charge on any atom is 0.265 e. The summed E-state index contributed by atoms with van der Waals surface area (Å²) in [6, 6.07) is 19.4. The van der Waals surface area contributed by atoms with Crippen molar-refractivity contribution in [3.8, 4) is 0 Å². The zero-order valence-electron chi connectivity index (χ0n) is 13.4. The largest absolute Gasteiger partial charge is 0.629 e. The summed E-state index contributed by atoms with van der Waals surface area (Å²) in [5.74, 6) is -0.300. The molecule has 0 aromatic heterocycles. The van der Waals surface area contributed by atoms with Crippen molar-refractivity contribution in [3.63, 3.8) is 0 Å². The Morgan fingerprint density at radius 1 is 1.04 bits per heavy atom. The lowest BCUT2D eigenvalue weighted by Crippen LogP contribution is -2.38. The van der Waals surface area contributed by atoms with Crippen molar-refractivity contribution in [1.29, 1.82) is 0 Å². The molecule has 1 aliphatic heterocycles. The molecule has 0 aliphatic carbocycles. The number of para-hydroxylation sites is 1. The smallest absolute Gasteiger partial charge is 0.265 e. The highest BCUT2D eigenvalue weighted by Crippen LogP contribution is 2.67. The molecule has 2 aromatic carbocycles. The fourth-order valence-corrected chi connectivity index (χ4v) is 4.82. The number of hydrogen-bond acceptors (Lipinski definition) is 4. The average molecular weight is 331 g/mol. The SMILES string of the molecule is CC1CO[P+]([O-])(C(Nc2ccccc2)c2ccccc2)OC1C. The van der Waals surface area contributed by atoms with Crippen LogP contribution in [0.4, 0.5) is 5.69 Å². The Hall–Kier alpha value is -1.45. The highest BCUT2D eigenvalue weighted by atomic mass is 31.2. The number of nitrogens with one attached hydrogen (secondary N) is 1. The van der Waals surface area contributed by atoms with Gasteiger partial charge in [-0.2, -0.15) is 0 Å². The zero-order valence-corrected chi connectivity index (χ0v) is 14.3. The Morgan fingerprint density at radius 2 is 1.65 bits per heavy atom. The summed E-state index contributed by atoms with van der Waals surface area (Å²) < 4.78 is 11.6. The Kier molecular flexibility index (Phi) is 4.98. The minimum atomic E-state index is -3.32. The van der Waals surface area contributed by atoms with Crippen LogP contribution >= 0.6 is 7.94 Å². The summed E-state index contributed by atoms with van der Waals surface area (Å²) >= 11 is 0.